The minimum Gasteiger partial charge on any atom is -0.349 e. The van der Waals surface area contributed by atoms with Gasteiger partial charge >= 0.3 is 0 Å². The first-order chi connectivity index (χ1) is 9.56. The third-order valence-corrected chi connectivity index (χ3v) is 3.87. The predicted octanol–water partition coefficient (Wildman–Crippen LogP) is 2.54. The van der Waals surface area contributed by atoms with E-state index in [-0.39, 0.29) is 18.0 Å². The van der Waals surface area contributed by atoms with Gasteiger partial charge in [-0.1, -0.05) is 0 Å². The maximum Gasteiger partial charge on any atom is 0.253 e. The monoisotopic (exact) mass is 272 g/mol. The Balaban J connectivity index is 1.83. The van der Waals surface area contributed by atoms with Gasteiger partial charge in [-0.3, -0.25) is 4.79 Å². The van der Waals surface area contributed by atoms with E-state index in [1.807, 2.05) is 10.7 Å². The maximum absolute atomic E-state index is 12.2. The Morgan fingerprint density at radius 3 is 2.75 bits per heavy atom. The molecule has 1 amide bonds. The topological polar surface area (TPSA) is 59.8 Å². The van der Waals surface area contributed by atoms with E-state index in [0.717, 1.165) is 11.0 Å². The van der Waals surface area contributed by atoms with Gasteiger partial charge in [0, 0.05) is 23.7 Å². The van der Waals surface area contributed by atoms with E-state index in [4.69, 9.17) is 0 Å². The lowest BCUT2D eigenvalue weighted by Crippen LogP contribution is -2.34. The molecule has 1 fully saturated rings. The molecular formula is C15H20N4O. The molecule has 20 heavy (non-hydrogen) atoms. The molecule has 3 rings (SSSR count). The number of aromatic nitrogens is 3. The minimum absolute atomic E-state index is 0.0453. The highest BCUT2D eigenvalue weighted by Crippen LogP contribution is 2.32. The van der Waals surface area contributed by atoms with Gasteiger partial charge in [0.15, 0.2) is 5.65 Å². The molecule has 0 aliphatic heterocycles. The van der Waals surface area contributed by atoms with Crippen LogP contribution in [0.25, 0.3) is 11.0 Å². The van der Waals surface area contributed by atoms with Gasteiger partial charge in [0.25, 0.3) is 5.91 Å². The van der Waals surface area contributed by atoms with E-state index in [9.17, 15) is 4.79 Å². The molecule has 2 aromatic rings. The Morgan fingerprint density at radius 2 is 2.10 bits per heavy atom. The molecule has 2 aromatic heterocycles. The van der Waals surface area contributed by atoms with Gasteiger partial charge < -0.3 is 5.32 Å². The molecule has 106 valence electrons. The summed E-state index contributed by atoms with van der Waals surface area (Å²) in [5, 5.41) is 8.27. The second-order valence-electron chi connectivity index (χ2n) is 5.92. The summed E-state index contributed by atoms with van der Waals surface area (Å²) in [5.74, 6) is 0.607. The molecule has 0 bridgehead atoms. The zero-order valence-corrected chi connectivity index (χ0v) is 12.1. The summed E-state index contributed by atoms with van der Waals surface area (Å²) >= 11 is 0. The molecule has 0 aromatic carbocycles. The molecule has 0 spiro atoms. The lowest BCUT2D eigenvalue weighted by atomic mass is 10.2. The van der Waals surface area contributed by atoms with Crippen LogP contribution in [0.2, 0.25) is 0 Å². The van der Waals surface area contributed by atoms with E-state index >= 15 is 0 Å². The quantitative estimate of drug-likeness (QED) is 0.930. The number of hydrogen-bond acceptors (Lipinski definition) is 3. The largest absolute Gasteiger partial charge is 0.349 e. The first-order valence-corrected chi connectivity index (χ1v) is 7.20. The van der Waals surface area contributed by atoms with Gasteiger partial charge in [-0.15, -0.1) is 0 Å². The number of carbonyl (C=O) groups is 1. The molecule has 5 heteroatoms. The van der Waals surface area contributed by atoms with E-state index in [1.165, 1.54) is 12.8 Å². The van der Waals surface area contributed by atoms with Gasteiger partial charge in [-0.05, 0) is 45.6 Å². The molecule has 1 aliphatic rings. The average molecular weight is 272 g/mol. The van der Waals surface area contributed by atoms with E-state index in [2.05, 4.69) is 36.2 Å². The number of hydrogen-bond donors (Lipinski definition) is 1. The minimum atomic E-state index is -0.0453. The Hall–Kier alpha value is -1.91. The van der Waals surface area contributed by atoms with Gasteiger partial charge in [0.05, 0.1) is 11.8 Å². The second kappa shape index (κ2) is 4.89. The first kappa shape index (κ1) is 13.1. The van der Waals surface area contributed by atoms with Crippen LogP contribution in [0.15, 0.2) is 18.5 Å². The second-order valence-corrected chi connectivity index (χ2v) is 5.92. The number of fused-ring (bicyclic) bond motifs is 1. The zero-order valence-electron chi connectivity index (χ0n) is 12.1. The van der Waals surface area contributed by atoms with Crippen LogP contribution in [0.5, 0.6) is 0 Å². The van der Waals surface area contributed by atoms with Crippen LogP contribution in [0.1, 0.15) is 50.0 Å². The van der Waals surface area contributed by atoms with Crippen molar-refractivity contribution < 1.29 is 4.79 Å². The SMILES string of the molecule is CC(C)n1ncc2cc(C(=O)N[C@H](C)C3CC3)cnc21. The van der Waals surface area contributed by atoms with Gasteiger partial charge in [-0.25, -0.2) is 9.67 Å². The lowest BCUT2D eigenvalue weighted by molar-refractivity contribution is 0.0935. The van der Waals surface area contributed by atoms with Crippen molar-refractivity contribution in [3.8, 4) is 0 Å². The Morgan fingerprint density at radius 1 is 1.35 bits per heavy atom. The number of amides is 1. The summed E-state index contributed by atoms with van der Waals surface area (Å²) in [6, 6.07) is 2.37. The molecule has 5 nitrogen and oxygen atoms in total. The van der Waals surface area contributed by atoms with E-state index in [1.54, 1.807) is 12.4 Å². The summed E-state index contributed by atoms with van der Waals surface area (Å²) in [7, 11) is 0. The fourth-order valence-electron chi connectivity index (χ4n) is 2.45. The highest BCUT2D eigenvalue weighted by atomic mass is 16.1. The lowest BCUT2D eigenvalue weighted by Gasteiger charge is -2.12. The fourth-order valence-corrected chi connectivity index (χ4v) is 2.45. The highest BCUT2D eigenvalue weighted by molar-refractivity contribution is 5.97. The average Bonchev–Trinajstić information content (AvgIpc) is 3.17. The van der Waals surface area contributed by atoms with Crippen molar-refractivity contribution in [1.29, 1.82) is 0 Å². The summed E-state index contributed by atoms with van der Waals surface area (Å²) < 4.78 is 1.86. The molecule has 1 saturated carbocycles. The predicted molar refractivity (Wildman–Crippen MR) is 77.6 cm³/mol. The van der Waals surface area contributed by atoms with Crippen molar-refractivity contribution in [2.45, 2.75) is 45.7 Å². The standard InChI is InChI=1S/C15H20N4O/c1-9(2)19-14-12(8-17-19)6-13(7-16-14)15(20)18-10(3)11-4-5-11/h6-11H,4-5H2,1-3H3,(H,18,20)/t10-/m1/s1. The number of nitrogens with zero attached hydrogens (tertiary/aromatic N) is 3. The smallest absolute Gasteiger partial charge is 0.253 e. The summed E-state index contributed by atoms with van der Waals surface area (Å²) in [6.45, 7) is 6.19. The van der Waals surface area contributed by atoms with Crippen LogP contribution in [0, 0.1) is 5.92 Å². The molecular weight excluding hydrogens is 252 g/mol. The zero-order chi connectivity index (χ0) is 14.3. The molecule has 0 unspecified atom stereocenters. The van der Waals surface area contributed by atoms with Crippen LogP contribution >= 0.6 is 0 Å². The van der Waals surface area contributed by atoms with E-state index in [0.29, 0.717) is 11.5 Å². The van der Waals surface area contributed by atoms with Crippen molar-refractivity contribution >= 4 is 16.9 Å². The Kier molecular flexibility index (Phi) is 3.20. The van der Waals surface area contributed by atoms with Crippen molar-refractivity contribution in [1.82, 2.24) is 20.1 Å². The number of carbonyl (C=O) groups excluding carboxylic acids is 1. The Bertz CT molecular complexity index is 642. The molecule has 0 saturated heterocycles. The molecule has 0 radical (unpaired) electrons. The third-order valence-electron chi connectivity index (χ3n) is 3.87. The summed E-state index contributed by atoms with van der Waals surface area (Å²) in [6.07, 6.45) is 5.85. The molecule has 1 atom stereocenters. The van der Waals surface area contributed by atoms with E-state index < -0.39 is 0 Å². The Labute approximate surface area is 118 Å². The molecule has 2 heterocycles. The first-order valence-electron chi connectivity index (χ1n) is 7.20. The van der Waals surface area contributed by atoms with Crippen LogP contribution in [-0.2, 0) is 0 Å². The maximum atomic E-state index is 12.2. The van der Waals surface area contributed by atoms with Crippen LogP contribution < -0.4 is 5.32 Å². The molecule has 1 N–H and O–H groups in total. The number of pyridine rings is 1. The highest BCUT2D eigenvalue weighted by Gasteiger charge is 2.29. The van der Waals surface area contributed by atoms with Crippen molar-refractivity contribution in [2.75, 3.05) is 0 Å². The molecule has 1 aliphatic carbocycles. The van der Waals surface area contributed by atoms with Crippen molar-refractivity contribution in [2.24, 2.45) is 5.92 Å². The summed E-state index contributed by atoms with van der Waals surface area (Å²) in [5.41, 5.74) is 1.43. The summed E-state index contributed by atoms with van der Waals surface area (Å²) in [4.78, 5) is 16.6. The van der Waals surface area contributed by atoms with Gasteiger partial charge in [-0.2, -0.15) is 5.10 Å². The van der Waals surface area contributed by atoms with Crippen molar-refractivity contribution in [3.05, 3.63) is 24.0 Å². The van der Waals surface area contributed by atoms with Crippen molar-refractivity contribution in [3.63, 3.8) is 0 Å². The number of rotatable bonds is 4. The van der Waals surface area contributed by atoms with Crippen LogP contribution in [0.3, 0.4) is 0 Å². The van der Waals surface area contributed by atoms with Crippen LogP contribution in [-0.4, -0.2) is 26.7 Å². The fraction of sp³-hybridized carbons (Fsp3) is 0.533. The van der Waals surface area contributed by atoms with Gasteiger partial charge in [0.1, 0.15) is 0 Å². The van der Waals surface area contributed by atoms with Crippen LogP contribution in [0.4, 0.5) is 0 Å². The number of nitrogens with one attached hydrogen (secondary N) is 1. The normalized spacial score (nSPS) is 16.6. The third kappa shape index (κ3) is 2.40. The van der Waals surface area contributed by atoms with Gasteiger partial charge in [0.2, 0.25) is 0 Å².